The van der Waals surface area contributed by atoms with Crippen molar-refractivity contribution in [3.8, 4) is 0 Å². The van der Waals surface area contributed by atoms with Gasteiger partial charge in [0.2, 0.25) is 0 Å². The van der Waals surface area contributed by atoms with E-state index in [1.54, 1.807) is 6.26 Å². The van der Waals surface area contributed by atoms with E-state index in [2.05, 4.69) is 21.1 Å². The number of hydrogen-bond acceptors (Lipinski definition) is 1. The van der Waals surface area contributed by atoms with Crippen LogP contribution in [-0.4, -0.2) is 32.2 Å². The molecule has 2 nitrogen and oxygen atoms in total. The minimum Gasteiger partial charge on any atom is -1.00 e. The smallest absolute Gasteiger partial charge is 0.136 e. The molecule has 62 valence electrons. The van der Waals surface area contributed by atoms with Crippen molar-refractivity contribution < 1.29 is 26.2 Å². The maximum atomic E-state index is 5.01. The van der Waals surface area contributed by atoms with E-state index in [4.69, 9.17) is 4.74 Å². The molecule has 0 spiro atoms. The molecule has 0 rings (SSSR count). The highest BCUT2D eigenvalue weighted by Gasteiger charge is 1.97. The lowest BCUT2D eigenvalue weighted by Gasteiger charge is -2.16. The van der Waals surface area contributed by atoms with E-state index in [0.717, 1.165) is 11.1 Å². The fraction of sp³-hybridized carbons (Fsp3) is 0.714. The van der Waals surface area contributed by atoms with E-state index in [9.17, 15) is 0 Å². The maximum Gasteiger partial charge on any atom is 0.136 e. The normalized spacial score (nSPS) is 11.2. The molecule has 0 aliphatic carbocycles. The third kappa shape index (κ3) is 10.9. The molecule has 0 aromatic rings. The number of halogens is 1. The van der Waals surface area contributed by atoms with Crippen molar-refractivity contribution >= 4 is 0 Å². The van der Waals surface area contributed by atoms with Gasteiger partial charge in [-0.1, -0.05) is 0 Å². The van der Waals surface area contributed by atoms with Crippen LogP contribution in [0.1, 0.15) is 6.92 Å². The van der Waals surface area contributed by atoms with Gasteiger partial charge in [-0.15, -0.1) is 0 Å². The molecular weight excluding hydrogens is 194 g/mol. The van der Waals surface area contributed by atoms with E-state index < -0.39 is 0 Å². The molecule has 0 aliphatic rings. The Kier molecular flexibility index (Phi) is 7.26. The number of ether oxygens (including phenoxy) is 1. The first-order valence-corrected chi connectivity index (χ1v) is 3.16. The van der Waals surface area contributed by atoms with Crippen molar-refractivity contribution in [3.05, 3.63) is 12.5 Å². The maximum absolute atomic E-state index is 5.01. The topological polar surface area (TPSA) is 9.23 Å². The molecule has 0 heterocycles. The van der Waals surface area contributed by atoms with Crippen LogP contribution in [0, 0.1) is 0 Å². The highest BCUT2D eigenvalue weighted by molar-refractivity contribution is 4.59. The minimum atomic E-state index is 0. The summed E-state index contributed by atoms with van der Waals surface area (Å²) in [5, 5.41) is 0. The second-order valence-electron chi connectivity index (χ2n) is 2.86. The number of nitrogens with zero attached hydrogens (tertiary/aromatic N) is 1. The fourth-order valence-corrected chi connectivity index (χ4v) is 0.322. The highest BCUT2D eigenvalue weighted by atomic mass is 79.9. The summed E-state index contributed by atoms with van der Waals surface area (Å²) in [6.07, 6.45) is 3.73. The summed E-state index contributed by atoms with van der Waals surface area (Å²) in [6.45, 7) is 2.72. The first-order valence-electron chi connectivity index (χ1n) is 3.16. The summed E-state index contributed by atoms with van der Waals surface area (Å²) in [6, 6.07) is 0. The SMILES string of the molecule is CCO/C=C\[N+](C)(C)C.[Br-]. The average Bonchev–Trinajstić information content (AvgIpc) is 1.63. The molecule has 0 radical (unpaired) electrons. The number of quaternary nitrogens is 1. The fourth-order valence-electron chi connectivity index (χ4n) is 0.322. The molecule has 0 saturated carbocycles. The molecule has 0 unspecified atom stereocenters. The van der Waals surface area contributed by atoms with Gasteiger partial charge >= 0.3 is 0 Å². The Bertz CT molecular complexity index is 96.3. The van der Waals surface area contributed by atoms with E-state index in [-0.39, 0.29) is 17.0 Å². The molecule has 0 aromatic carbocycles. The minimum absolute atomic E-state index is 0. The summed E-state index contributed by atoms with van der Waals surface area (Å²) in [7, 11) is 6.24. The van der Waals surface area contributed by atoms with E-state index >= 15 is 0 Å². The zero-order chi connectivity index (χ0) is 7.33. The van der Waals surface area contributed by atoms with Gasteiger partial charge in [0.25, 0.3) is 0 Å². The molecule has 0 aromatic heterocycles. The Morgan fingerprint density at radius 1 is 1.30 bits per heavy atom. The van der Waals surface area contributed by atoms with Gasteiger partial charge in [-0.2, -0.15) is 0 Å². The first-order chi connectivity index (χ1) is 4.06. The van der Waals surface area contributed by atoms with Crippen LogP contribution in [0.15, 0.2) is 12.5 Å². The standard InChI is InChI=1S/C7H16NO.BrH/c1-5-9-7-6-8(2,3)4;/h6-7H,5H2,1-4H3;1H/q+1;/p-1/b7-6-;. The Morgan fingerprint density at radius 2 is 1.80 bits per heavy atom. The lowest BCUT2D eigenvalue weighted by Crippen LogP contribution is -3.00. The summed E-state index contributed by atoms with van der Waals surface area (Å²) in [5.74, 6) is 0. The monoisotopic (exact) mass is 209 g/mol. The van der Waals surface area contributed by atoms with Crippen molar-refractivity contribution in [2.75, 3.05) is 27.7 Å². The van der Waals surface area contributed by atoms with Crippen LogP contribution >= 0.6 is 0 Å². The molecule has 0 aliphatic heterocycles. The second kappa shape index (κ2) is 5.74. The van der Waals surface area contributed by atoms with Gasteiger partial charge < -0.3 is 26.2 Å². The zero-order valence-electron chi connectivity index (χ0n) is 7.10. The molecule has 0 bridgehead atoms. The van der Waals surface area contributed by atoms with Crippen LogP contribution < -0.4 is 17.0 Å². The molecule has 0 N–H and O–H groups in total. The summed E-state index contributed by atoms with van der Waals surface area (Å²) in [4.78, 5) is 0. The predicted molar refractivity (Wildman–Crippen MR) is 38.8 cm³/mol. The largest absolute Gasteiger partial charge is 1.00 e. The van der Waals surface area contributed by atoms with E-state index in [1.807, 2.05) is 13.1 Å². The predicted octanol–water partition coefficient (Wildman–Crippen LogP) is -1.80. The Morgan fingerprint density at radius 3 is 2.10 bits per heavy atom. The summed E-state index contributed by atoms with van der Waals surface area (Å²) >= 11 is 0. The van der Waals surface area contributed by atoms with Crippen molar-refractivity contribution in [2.45, 2.75) is 6.92 Å². The van der Waals surface area contributed by atoms with Gasteiger partial charge in [-0.25, -0.2) is 0 Å². The number of rotatable bonds is 3. The highest BCUT2D eigenvalue weighted by Crippen LogP contribution is 1.90. The van der Waals surface area contributed by atoms with E-state index in [1.165, 1.54) is 0 Å². The second-order valence-corrected chi connectivity index (χ2v) is 2.86. The molecule has 0 atom stereocenters. The van der Waals surface area contributed by atoms with Crippen molar-refractivity contribution in [1.82, 2.24) is 0 Å². The molecule has 0 fully saturated rings. The van der Waals surface area contributed by atoms with Crippen LogP contribution in [0.25, 0.3) is 0 Å². The van der Waals surface area contributed by atoms with E-state index in [0.29, 0.717) is 0 Å². The van der Waals surface area contributed by atoms with Crippen molar-refractivity contribution in [1.29, 1.82) is 0 Å². The molecule has 3 heteroatoms. The van der Waals surface area contributed by atoms with Gasteiger partial charge in [0.05, 0.1) is 27.7 Å². The first kappa shape index (κ1) is 12.6. The Balaban J connectivity index is 0. The van der Waals surface area contributed by atoms with Gasteiger partial charge in [0.15, 0.2) is 0 Å². The van der Waals surface area contributed by atoms with Crippen LogP contribution in [-0.2, 0) is 4.74 Å². The van der Waals surface area contributed by atoms with Crippen molar-refractivity contribution in [3.63, 3.8) is 0 Å². The third-order valence-electron chi connectivity index (χ3n) is 0.771. The van der Waals surface area contributed by atoms with Gasteiger partial charge in [0.1, 0.15) is 12.5 Å². The lowest BCUT2D eigenvalue weighted by atomic mass is 10.7. The zero-order valence-corrected chi connectivity index (χ0v) is 8.68. The quantitative estimate of drug-likeness (QED) is 0.394. The van der Waals surface area contributed by atoms with Crippen LogP contribution in [0.2, 0.25) is 0 Å². The van der Waals surface area contributed by atoms with Gasteiger partial charge in [0, 0.05) is 0 Å². The molecule has 0 saturated heterocycles. The van der Waals surface area contributed by atoms with Crippen molar-refractivity contribution in [2.24, 2.45) is 0 Å². The third-order valence-corrected chi connectivity index (χ3v) is 0.771. The average molecular weight is 210 g/mol. The summed E-state index contributed by atoms with van der Waals surface area (Å²) < 4.78 is 5.82. The molecular formula is C7H16BrNO. The Labute approximate surface area is 73.8 Å². The van der Waals surface area contributed by atoms with Gasteiger partial charge in [-0.05, 0) is 6.92 Å². The lowest BCUT2D eigenvalue weighted by molar-refractivity contribution is -0.817. The van der Waals surface area contributed by atoms with Crippen LogP contribution in [0.4, 0.5) is 0 Å². The van der Waals surface area contributed by atoms with Crippen LogP contribution in [0.5, 0.6) is 0 Å². The number of hydrogen-bond donors (Lipinski definition) is 0. The van der Waals surface area contributed by atoms with Gasteiger partial charge in [-0.3, -0.25) is 0 Å². The van der Waals surface area contributed by atoms with Crippen LogP contribution in [0.3, 0.4) is 0 Å². The molecule has 0 amide bonds. The summed E-state index contributed by atoms with van der Waals surface area (Å²) in [5.41, 5.74) is 0. The molecule has 10 heavy (non-hydrogen) atoms. The Hall–Kier alpha value is -0.0200.